The number of halogens is 3. The smallest absolute Gasteiger partial charge is 0.379 e. The minimum atomic E-state index is -4.42. The molecule has 5 rings (SSSR count). The molecule has 0 radical (unpaired) electrons. The maximum absolute atomic E-state index is 13.6. The minimum absolute atomic E-state index is 0.0955. The van der Waals surface area contributed by atoms with Crippen LogP contribution >= 0.6 is 0 Å². The fraction of sp³-hybridized carbons (Fsp3) is 0.458. The molecule has 0 spiro atoms. The number of H-pyrrole nitrogens is 1. The van der Waals surface area contributed by atoms with Crippen molar-refractivity contribution >= 4 is 28.1 Å². The van der Waals surface area contributed by atoms with Gasteiger partial charge in [0.15, 0.2) is 5.82 Å². The molecule has 1 fully saturated rings. The van der Waals surface area contributed by atoms with Gasteiger partial charge in [0.25, 0.3) is 5.56 Å². The molecule has 0 aliphatic carbocycles. The molecule has 1 aromatic carbocycles. The van der Waals surface area contributed by atoms with Gasteiger partial charge >= 0.3 is 6.18 Å². The van der Waals surface area contributed by atoms with Crippen LogP contribution in [-0.2, 0) is 4.74 Å². The van der Waals surface area contributed by atoms with Crippen LogP contribution in [0.1, 0.15) is 37.9 Å². The van der Waals surface area contributed by atoms with E-state index in [0.29, 0.717) is 35.6 Å². The average Bonchev–Trinajstić information content (AvgIpc) is 3.60. The van der Waals surface area contributed by atoms with E-state index in [4.69, 9.17) is 9.84 Å². The van der Waals surface area contributed by atoms with Crippen LogP contribution in [0, 0.1) is 5.92 Å². The minimum Gasteiger partial charge on any atom is -0.379 e. The van der Waals surface area contributed by atoms with Gasteiger partial charge < -0.3 is 20.4 Å². The van der Waals surface area contributed by atoms with Gasteiger partial charge in [0, 0.05) is 36.2 Å². The molecule has 186 valence electrons. The van der Waals surface area contributed by atoms with Crippen LogP contribution in [0.4, 0.5) is 24.7 Å². The highest BCUT2D eigenvalue weighted by Crippen LogP contribution is 2.36. The molecular formula is C24H27F3N6O2. The van der Waals surface area contributed by atoms with Gasteiger partial charge in [-0.05, 0) is 30.2 Å². The van der Waals surface area contributed by atoms with Gasteiger partial charge in [0.2, 0.25) is 0 Å². The van der Waals surface area contributed by atoms with Crippen molar-refractivity contribution in [2.45, 2.75) is 44.6 Å². The third-order valence-electron chi connectivity index (χ3n) is 6.37. The van der Waals surface area contributed by atoms with Crippen LogP contribution in [0.3, 0.4) is 0 Å². The monoisotopic (exact) mass is 488 g/mol. The van der Waals surface area contributed by atoms with E-state index < -0.39 is 12.2 Å². The predicted molar refractivity (Wildman–Crippen MR) is 127 cm³/mol. The Morgan fingerprint density at radius 2 is 1.94 bits per heavy atom. The maximum atomic E-state index is 13.6. The molecule has 3 aromatic rings. The number of ether oxygens (including phenoxy) is 1. The molecule has 4 heterocycles. The summed E-state index contributed by atoms with van der Waals surface area (Å²) < 4.78 is 48.2. The van der Waals surface area contributed by atoms with E-state index >= 15 is 0 Å². The summed E-state index contributed by atoms with van der Waals surface area (Å²) >= 11 is 0. The quantitative estimate of drug-likeness (QED) is 0.465. The van der Waals surface area contributed by atoms with Crippen LogP contribution in [0.25, 0.3) is 10.9 Å². The Labute approximate surface area is 199 Å². The zero-order valence-electron chi connectivity index (χ0n) is 19.4. The topological polar surface area (TPSA) is 96.3 Å². The van der Waals surface area contributed by atoms with Crippen LogP contribution in [0.5, 0.6) is 0 Å². The molecule has 2 aliphatic heterocycles. The van der Waals surface area contributed by atoms with Crippen LogP contribution < -0.4 is 16.2 Å². The number of benzene rings is 1. The third-order valence-corrected chi connectivity index (χ3v) is 6.37. The molecule has 3 unspecified atom stereocenters. The van der Waals surface area contributed by atoms with Crippen molar-refractivity contribution in [1.29, 1.82) is 0 Å². The van der Waals surface area contributed by atoms with Crippen LogP contribution in [-0.4, -0.2) is 52.5 Å². The number of hydrogen-bond donors (Lipinski definition) is 3. The van der Waals surface area contributed by atoms with E-state index in [2.05, 4.69) is 20.6 Å². The summed E-state index contributed by atoms with van der Waals surface area (Å²) in [6.07, 6.45) is -2.01. The highest BCUT2D eigenvalue weighted by atomic mass is 19.4. The molecule has 8 nitrogen and oxygen atoms in total. The van der Waals surface area contributed by atoms with Crippen molar-refractivity contribution in [1.82, 2.24) is 20.1 Å². The van der Waals surface area contributed by atoms with E-state index in [0.717, 1.165) is 18.7 Å². The van der Waals surface area contributed by atoms with Crippen LogP contribution in [0.15, 0.2) is 46.3 Å². The third kappa shape index (κ3) is 4.83. The first-order valence-corrected chi connectivity index (χ1v) is 11.6. The van der Waals surface area contributed by atoms with Gasteiger partial charge in [0.1, 0.15) is 11.4 Å². The van der Waals surface area contributed by atoms with Gasteiger partial charge in [-0.15, -0.1) is 0 Å². The molecule has 0 bridgehead atoms. The molecule has 0 saturated carbocycles. The average molecular weight is 489 g/mol. The predicted octanol–water partition coefficient (Wildman–Crippen LogP) is 4.10. The largest absolute Gasteiger partial charge is 0.407 e. The molecule has 1 saturated heterocycles. The Morgan fingerprint density at radius 3 is 2.60 bits per heavy atom. The van der Waals surface area contributed by atoms with E-state index in [1.165, 1.54) is 12.1 Å². The standard InChI is InChI=1S/C24H27F3N6O2/c1-13(2)30-21(24(25,26)27)14-3-5-15(6-4-14)31-22-20-18(7-9-28-23(20)34)33(32-22)19-12-35-10-8-16(19)17-11-29-17/h3-7,9,13,16,19,21,30H,8,10-12H2,1-2H3,(H,28,34)(H,31,32). The number of aromatic nitrogens is 3. The van der Waals surface area contributed by atoms with E-state index in [-0.39, 0.29) is 29.1 Å². The Morgan fingerprint density at radius 1 is 1.20 bits per heavy atom. The number of aliphatic imine (C=N–C) groups is 1. The van der Waals surface area contributed by atoms with Crippen molar-refractivity contribution < 1.29 is 17.9 Å². The summed E-state index contributed by atoms with van der Waals surface area (Å²) in [5, 5.41) is 10.8. The summed E-state index contributed by atoms with van der Waals surface area (Å²) in [6, 6.07) is 5.56. The number of nitrogens with one attached hydrogen (secondary N) is 3. The number of pyridine rings is 1. The van der Waals surface area contributed by atoms with Crippen molar-refractivity contribution in [3.8, 4) is 0 Å². The maximum Gasteiger partial charge on any atom is 0.407 e. The molecule has 2 aliphatic rings. The lowest BCUT2D eigenvalue weighted by Gasteiger charge is -2.30. The lowest BCUT2D eigenvalue weighted by atomic mass is 9.92. The molecular weight excluding hydrogens is 461 g/mol. The lowest BCUT2D eigenvalue weighted by Crippen LogP contribution is -2.38. The first kappa shape index (κ1) is 23.6. The summed E-state index contributed by atoms with van der Waals surface area (Å²) in [5.74, 6) is 0.537. The van der Waals surface area contributed by atoms with Gasteiger partial charge in [0.05, 0.1) is 24.7 Å². The van der Waals surface area contributed by atoms with Gasteiger partial charge in [-0.25, -0.2) is 0 Å². The number of fused-ring (bicyclic) bond motifs is 1. The second kappa shape index (κ2) is 9.12. The van der Waals surface area contributed by atoms with Crippen molar-refractivity contribution in [2.24, 2.45) is 10.9 Å². The molecule has 11 heteroatoms. The number of alkyl halides is 3. The fourth-order valence-corrected chi connectivity index (χ4v) is 4.68. The number of anilines is 2. The molecule has 35 heavy (non-hydrogen) atoms. The summed E-state index contributed by atoms with van der Waals surface area (Å²) in [7, 11) is 0. The normalized spacial score (nSPS) is 21.3. The summed E-state index contributed by atoms with van der Waals surface area (Å²) in [6.45, 7) is 5.21. The Bertz CT molecular complexity index is 1300. The number of aromatic amines is 1. The number of nitrogens with zero attached hydrogens (tertiary/aromatic N) is 3. The molecule has 3 atom stereocenters. The van der Waals surface area contributed by atoms with Gasteiger partial charge in [-0.2, -0.15) is 18.3 Å². The Hall–Kier alpha value is -3.18. The highest BCUT2D eigenvalue weighted by molar-refractivity contribution is 5.99. The zero-order chi connectivity index (χ0) is 24.7. The van der Waals surface area contributed by atoms with Gasteiger partial charge in [-0.3, -0.25) is 14.5 Å². The van der Waals surface area contributed by atoms with Crippen molar-refractivity contribution in [3.05, 3.63) is 52.4 Å². The molecule has 0 amide bonds. The highest BCUT2D eigenvalue weighted by Gasteiger charge is 2.41. The second-order valence-electron chi connectivity index (χ2n) is 9.25. The Balaban J connectivity index is 1.47. The Kier molecular flexibility index (Phi) is 6.14. The first-order chi connectivity index (χ1) is 16.7. The lowest BCUT2D eigenvalue weighted by molar-refractivity contribution is -0.159. The molecule has 3 N–H and O–H groups in total. The van der Waals surface area contributed by atoms with E-state index in [1.807, 2.05) is 4.68 Å². The molecule has 2 aromatic heterocycles. The zero-order valence-corrected chi connectivity index (χ0v) is 19.4. The van der Waals surface area contributed by atoms with E-state index in [9.17, 15) is 18.0 Å². The second-order valence-corrected chi connectivity index (χ2v) is 9.25. The van der Waals surface area contributed by atoms with Gasteiger partial charge in [-0.1, -0.05) is 26.0 Å². The first-order valence-electron chi connectivity index (χ1n) is 11.6. The van der Waals surface area contributed by atoms with Crippen molar-refractivity contribution in [3.63, 3.8) is 0 Å². The SMILES string of the molecule is CC(C)NC(c1ccc(Nc2nn(C3COCCC3C3=NC3)c3cc[nH]c(=O)c23)cc1)C(F)(F)F. The van der Waals surface area contributed by atoms with Crippen LogP contribution in [0.2, 0.25) is 0 Å². The van der Waals surface area contributed by atoms with E-state index in [1.54, 1.807) is 38.2 Å². The fourth-order valence-electron chi connectivity index (χ4n) is 4.68. The summed E-state index contributed by atoms with van der Waals surface area (Å²) in [5.41, 5.74) is 2.14. The van der Waals surface area contributed by atoms with Crippen molar-refractivity contribution in [2.75, 3.05) is 25.1 Å². The number of hydrogen-bond acceptors (Lipinski definition) is 6. The number of rotatable bonds is 7. The summed E-state index contributed by atoms with van der Waals surface area (Å²) in [4.78, 5) is 19.8.